The summed E-state index contributed by atoms with van der Waals surface area (Å²) in [6, 6.07) is 10.3. The molecule has 5 atom stereocenters. The summed E-state index contributed by atoms with van der Waals surface area (Å²) in [5.74, 6) is 1.69. The zero-order valence-electron chi connectivity index (χ0n) is 19.2. The van der Waals surface area contributed by atoms with Crippen LogP contribution in [0.5, 0.6) is 0 Å². The standard InChI is InChI=1S/C22H36N10.ClH/c1-2-19(14-6-4-3-5-7-14)27-20-28-21(31-10-15(23)8-16(24)11-31)30-22(29-20)32-12-17(25)9-18(26)13-32;/h3-7,15-19H,2,8-13,23-26H2,1H3,(H,27,28,29,30);1H/t15-,16+,17-,18+,19?;. The number of nitrogens with two attached hydrogens (primary N) is 4. The number of hydrogen-bond acceptors (Lipinski definition) is 10. The monoisotopic (exact) mass is 476 g/mol. The number of aromatic nitrogens is 3. The average Bonchev–Trinajstić information content (AvgIpc) is 2.76. The van der Waals surface area contributed by atoms with Gasteiger partial charge in [-0.3, -0.25) is 0 Å². The molecule has 11 heteroatoms. The molecule has 2 aliphatic rings. The molecule has 2 fully saturated rings. The van der Waals surface area contributed by atoms with Crippen molar-refractivity contribution in [3.8, 4) is 0 Å². The van der Waals surface area contributed by atoms with Crippen LogP contribution in [-0.4, -0.2) is 65.3 Å². The van der Waals surface area contributed by atoms with E-state index in [1.807, 2.05) is 18.2 Å². The molecule has 0 spiro atoms. The van der Waals surface area contributed by atoms with Gasteiger partial charge < -0.3 is 38.1 Å². The number of nitrogens with zero attached hydrogens (tertiary/aromatic N) is 5. The van der Waals surface area contributed by atoms with Gasteiger partial charge in [-0.15, -0.1) is 12.4 Å². The second-order valence-electron chi connectivity index (χ2n) is 9.10. The molecule has 2 aromatic rings. The van der Waals surface area contributed by atoms with Crippen LogP contribution in [0.3, 0.4) is 0 Å². The van der Waals surface area contributed by atoms with Gasteiger partial charge in [0, 0.05) is 50.3 Å². The van der Waals surface area contributed by atoms with E-state index < -0.39 is 0 Å². The molecule has 2 saturated heterocycles. The van der Waals surface area contributed by atoms with E-state index >= 15 is 0 Å². The number of hydrogen-bond donors (Lipinski definition) is 5. The van der Waals surface area contributed by atoms with Crippen LogP contribution in [0, 0.1) is 0 Å². The topological polar surface area (TPSA) is 161 Å². The minimum absolute atomic E-state index is 0. The highest BCUT2D eigenvalue weighted by Gasteiger charge is 2.29. The van der Waals surface area contributed by atoms with Crippen molar-refractivity contribution in [1.82, 2.24) is 15.0 Å². The zero-order valence-corrected chi connectivity index (χ0v) is 20.0. The van der Waals surface area contributed by atoms with E-state index in [1.54, 1.807) is 0 Å². The largest absolute Gasteiger partial charge is 0.347 e. The van der Waals surface area contributed by atoms with E-state index in [0.29, 0.717) is 44.0 Å². The van der Waals surface area contributed by atoms with Crippen LogP contribution in [0.1, 0.15) is 37.8 Å². The molecule has 1 aromatic heterocycles. The van der Waals surface area contributed by atoms with Crippen LogP contribution in [0.2, 0.25) is 0 Å². The molecule has 3 heterocycles. The smallest absolute Gasteiger partial charge is 0.232 e. The van der Waals surface area contributed by atoms with Crippen molar-refractivity contribution in [2.75, 3.05) is 41.3 Å². The average molecular weight is 477 g/mol. The van der Waals surface area contributed by atoms with Gasteiger partial charge in [0.15, 0.2) is 0 Å². The second-order valence-corrected chi connectivity index (χ2v) is 9.10. The third-order valence-electron chi connectivity index (χ3n) is 6.12. The third-order valence-corrected chi connectivity index (χ3v) is 6.12. The Bertz CT molecular complexity index is 820. The molecule has 182 valence electrons. The van der Waals surface area contributed by atoms with Crippen molar-refractivity contribution in [3.05, 3.63) is 35.9 Å². The lowest BCUT2D eigenvalue weighted by Crippen LogP contribution is -2.54. The second kappa shape index (κ2) is 11.3. The highest BCUT2D eigenvalue weighted by atomic mass is 35.5. The van der Waals surface area contributed by atoms with Crippen LogP contribution < -0.4 is 38.1 Å². The molecule has 9 N–H and O–H groups in total. The Labute approximate surface area is 201 Å². The normalized spacial score (nSPS) is 26.5. The molecule has 0 bridgehead atoms. The third kappa shape index (κ3) is 6.42. The van der Waals surface area contributed by atoms with Gasteiger partial charge in [-0.2, -0.15) is 15.0 Å². The van der Waals surface area contributed by atoms with Crippen LogP contribution in [-0.2, 0) is 0 Å². The summed E-state index contributed by atoms with van der Waals surface area (Å²) >= 11 is 0. The van der Waals surface area contributed by atoms with Gasteiger partial charge in [0.1, 0.15) is 0 Å². The van der Waals surface area contributed by atoms with Crippen molar-refractivity contribution in [1.29, 1.82) is 0 Å². The van der Waals surface area contributed by atoms with E-state index in [4.69, 9.17) is 37.9 Å². The van der Waals surface area contributed by atoms with Gasteiger partial charge >= 0.3 is 0 Å². The van der Waals surface area contributed by atoms with E-state index in [9.17, 15) is 0 Å². The number of nitrogens with one attached hydrogen (secondary N) is 1. The summed E-state index contributed by atoms with van der Waals surface area (Å²) in [5, 5.41) is 3.51. The maximum atomic E-state index is 6.23. The fraction of sp³-hybridized carbons (Fsp3) is 0.591. The summed E-state index contributed by atoms with van der Waals surface area (Å²) in [6.45, 7) is 4.77. The lowest BCUT2D eigenvalue weighted by atomic mass is 10.0. The summed E-state index contributed by atoms with van der Waals surface area (Å²) < 4.78 is 0. The Balaban J connectivity index is 0.00000306. The van der Waals surface area contributed by atoms with Crippen molar-refractivity contribution in [2.24, 2.45) is 22.9 Å². The van der Waals surface area contributed by atoms with E-state index in [1.165, 1.54) is 5.56 Å². The first-order valence-corrected chi connectivity index (χ1v) is 11.5. The number of piperidine rings is 2. The molecule has 1 unspecified atom stereocenters. The fourth-order valence-corrected chi connectivity index (χ4v) is 4.65. The minimum atomic E-state index is -0.0140. The van der Waals surface area contributed by atoms with Crippen LogP contribution in [0.25, 0.3) is 0 Å². The molecule has 1 aromatic carbocycles. The van der Waals surface area contributed by atoms with Gasteiger partial charge in [0.2, 0.25) is 17.8 Å². The molecule has 0 saturated carbocycles. The molecular formula is C22H37ClN10. The van der Waals surface area contributed by atoms with Crippen molar-refractivity contribution < 1.29 is 0 Å². The van der Waals surface area contributed by atoms with Gasteiger partial charge in [0.25, 0.3) is 0 Å². The molecular weight excluding hydrogens is 440 g/mol. The molecule has 0 aliphatic carbocycles. The SMILES string of the molecule is CCC(Nc1nc(N2C[C@H](N)C[C@H](N)C2)nc(N2C[C@H](N)C[C@H](N)C2)n1)c1ccccc1.Cl. The molecule has 10 nitrogen and oxygen atoms in total. The predicted octanol–water partition coefficient (Wildman–Crippen LogP) is 0.586. The van der Waals surface area contributed by atoms with Gasteiger partial charge in [0.05, 0.1) is 6.04 Å². The Morgan fingerprint density at radius 1 is 0.818 bits per heavy atom. The fourth-order valence-electron chi connectivity index (χ4n) is 4.65. The molecule has 0 radical (unpaired) electrons. The Kier molecular flexibility index (Phi) is 8.66. The lowest BCUT2D eigenvalue weighted by Gasteiger charge is -2.37. The number of halogens is 1. The van der Waals surface area contributed by atoms with Gasteiger partial charge in [-0.05, 0) is 24.8 Å². The summed E-state index contributed by atoms with van der Waals surface area (Å²) in [5.41, 5.74) is 26.1. The number of rotatable bonds is 6. The van der Waals surface area contributed by atoms with Crippen molar-refractivity contribution >= 4 is 30.3 Å². The Hall–Kier alpha value is -2.24. The first-order chi connectivity index (χ1) is 15.4. The minimum Gasteiger partial charge on any atom is -0.347 e. The number of anilines is 3. The van der Waals surface area contributed by atoms with E-state index in [-0.39, 0.29) is 42.6 Å². The summed E-state index contributed by atoms with van der Waals surface area (Å²) in [6.07, 6.45) is 2.47. The first-order valence-electron chi connectivity index (χ1n) is 11.5. The van der Waals surface area contributed by atoms with Crippen LogP contribution in [0.15, 0.2) is 30.3 Å². The van der Waals surface area contributed by atoms with Crippen molar-refractivity contribution in [3.63, 3.8) is 0 Å². The maximum absolute atomic E-state index is 6.23. The molecule has 33 heavy (non-hydrogen) atoms. The lowest BCUT2D eigenvalue weighted by molar-refractivity contribution is 0.441. The van der Waals surface area contributed by atoms with Crippen molar-refractivity contribution in [2.45, 2.75) is 56.4 Å². The predicted molar refractivity (Wildman–Crippen MR) is 136 cm³/mol. The highest BCUT2D eigenvalue weighted by molar-refractivity contribution is 5.85. The van der Waals surface area contributed by atoms with Crippen LogP contribution >= 0.6 is 12.4 Å². The molecule has 4 rings (SSSR count). The van der Waals surface area contributed by atoms with Crippen LogP contribution in [0.4, 0.5) is 17.8 Å². The quantitative estimate of drug-likeness (QED) is 0.398. The number of benzene rings is 1. The van der Waals surface area contributed by atoms with E-state index in [0.717, 1.165) is 19.3 Å². The zero-order chi connectivity index (χ0) is 22.7. The Morgan fingerprint density at radius 2 is 1.27 bits per heavy atom. The molecule has 0 amide bonds. The molecule has 2 aliphatic heterocycles. The van der Waals surface area contributed by atoms with Gasteiger partial charge in [-0.25, -0.2) is 0 Å². The Morgan fingerprint density at radius 3 is 1.70 bits per heavy atom. The highest BCUT2D eigenvalue weighted by Crippen LogP contribution is 2.25. The first kappa shape index (κ1) is 25.4. The summed E-state index contributed by atoms with van der Waals surface area (Å²) in [4.78, 5) is 18.4. The van der Waals surface area contributed by atoms with E-state index in [2.05, 4.69) is 34.2 Å². The van der Waals surface area contributed by atoms with Gasteiger partial charge in [-0.1, -0.05) is 37.3 Å². The summed E-state index contributed by atoms with van der Waals surface area (Å²) in [7, 11) is 0. The maximum Gasteiger partial charge on any atom is 0.232 e.